The van der Waals surface area contributed by atoms with Gasteiger partial charge in [0, 0.05) is 39.1 Å². The molecule has 2 unspecified atom stereocenters. The Labute approximate surface area is 346 Å². The standard InChI is InChI=1S/C56H37N3O/c1-33-54(34-13-3-2-4-14-34)57-56(58-55(33)40-23-24-44-41(26-40)25-39-19-9-10-20-43(39)44)48-31-42(32-52-53(48)45-21-11-12-22-51(45)60-52)59-49-29-37-17-7-5-15-35(37)27-46(49)47-28-36-16-6-8-18-38(36)30-50(47)59/h2-24,26-33,55H,25H2,1H3. The van der Waals surface area contributed by atoms with E-state index in [4.69, 9.17) is 14.4 Å². The quantitative estimate of drug-likeness (QED) is 0.176. The molecule has 0 saturated carbocycles. The molecule has 0 radical (unpaired) electrons. The van der Waals surface area contributed by atoms with Gasteiger partial charge in [-0.25, -0.2) is 4.99 Å². The van der Waals surface area contributed by atoms with Crippen LogP contribution in [0.15, 0.2) is 196 Å². The fourth-order valence-electron chi connectivity index (χ4n) is 10.2. The Bertz CT molecular complexity index is 3570. The lowest BCUT2D eigenvalue weighted by molar-refractivity contribution is 0.592. The summed E-state index contributed by atoms with van der Waals surface area (Å²) in [5.41, 5.74) is 14.7. The van der Waals surface area contributed by atoms with E-state index in [0.717, 1.165) is 67.8 Å². The number of aliphatic imine (C=N–C) groups is 2. The third-order valence-corrected chi connectivity index (χ3v) is 13.1. The van der Waals surface area contributed by atoms with Crippen molar-refractivity contribution in [1.29, 1.82) is 0 Å². The molecule has 0 spiro atoms. The average molecular weight is 768 g/mol. The summed E-state index contributed by atoms with van der Waals surface area (Å²) < 4.78 is 9.22. The van der Waals surface area contributed by atoms with Crippen molar-refractivity contribution < 1.29 is 4.42 Å². The molecule has 0 saturated heterocycles. The summed E-state index contributed by atoms with van der Waals surface area (Å²) in [6.07, 6.45) is 0.934. The van der Waals surface area contributed by atoms with Gasteiger partial charge in [-0.2, -0.15) is 0 Å². The topological polar surface area (TPSA) is 42.8 Å². The average Bonchev–Trinajstić information content (AvgIpc) is 3.96. The molecular weight excluding hydrogens is 731 g/mol. The molecule has 2 atom stereocenters. The van der Waals surface area contributed by atoms with Crippen LogP contribution in [0.25, 0.3) is 82.1 Å². The van der Waals surface area contributed by atoms with Crippen LogP contribution >= 0.6 is 0 Å². The minimum absolute atomic E-state index is 0.0386. The number of aromatic nitrogens is 1. The first-order valence-electron chi connectivity index (χ1n) is 20.9. The first-order chi connectivity index (χ1) is 29.6. The van der Waals surface area contributed by atoms with E-state index in [-0.39, 0.29) is 12.0 Å². The molecule has 0 fully saturated rings. The van der Waals surface area contributed by atoms with E-state index in [1.165, 1.54) is 60.1 Å². The second-order valence-electron chi connectivity index (χ2n) is 16.5. The van der Waals surface area contributed by atoms with Gasteiger partial charge in [0.1, 0.15) is 11.2 Å². The maximum absolute atomic E-state index is 6.80. The zero-order valence-corrected chi connectivity index (χ0v) is 32.9. The van der Waals surface area contributed by atoms with Gasteiger partial charge in [-0.3, -0.25) is 4.99 Å². The summed E-state index contributed by atoms with van der Waals surface area (Å²) >= 11 is 0. The molecule has 11 aromatic rings. The molecule has 9 aromatic carbocycles. The van der Waals surface area contributed by atoms with Crippen molar-refractivity contribution in [1.82, 2.24) is 4.57 Å². The smallest absolute Gasteiger partial charge is 0.156 e. The molecule has 282 valence electrons. The Morgan fingerprint density at radius 2 is 1.15 bits per heavy atom. The van der Waals surface area contributed by atoms with Gasteiger partial charge in [-0.05, 0) is 97.7 Å². The minimum Gasteiger partial charge on any atom is -0.456 e. The maximum atomic E-state index is 6.80. The highest BCUT2D eigenvalue weighted by Crippen LogP contribution is 2.44. The van der Waals surface area contributed by atoms with E-state index >= 15 is 0 Å². The van der Waals surface area contributed by atoms with Crippen LogP contribution in [0.5, 0.6) is 0 Å². The molecule has 1 aliphatic carbocycles. The van der Waals surface area contributed by atoms with E-state index in [0.29, 0.717) is 0 Å². The lowest BCUT2D eigenvalue weighted by atomic mass is 9.85. The zero-order chi connectivity index (χ0) is 39.5. The Morgan fingerprint density at radius 1 is 0.517 bits per heavy atom. The van der Waals surface area contributed by atoms with E-state index in [2.05, 4.69) is 187 Å². The largest absolute Gasteiger partial charge is 0.456 e. The molecule has 13 rings (SSSR count). The van der Waals surface area contributed by atoms with E-state index < -0.39 is 0 Å². The van der Waals surface area contributed by atoms with Crippen molar-refractivity contribution >= 4 is 76.8 Å². The van der Waals surface area contributed by atoms with Crippen LogP contribution in [0.2, 0.25) is 0 Å². The summed E-state index contributed by atoms with van der Waals surface area (Å²) in [7, 11) is 0. The summed E-state index contributed by atoms with van der Waals surface area (Å²) in [5, 5.41) is 9.36. The number of rotatable bonds is 4. The number of furan rings is 1. The van der Waals surface area contributed by atoms with Crippen molar-refractivity contribution in [2.24, 2.45) is 15.9 Å². The van der Waals surface area contributed by atoms with Gasteiger partial charge in [-0.15, -0.1) is 0 Å². The van der Waals surface area contributed by atoms with Crippen LogP contribution < -0.4 is 0 Å². The zero-order valence-electron chi connectivity index (χ0n) is 32.9. The highest BCUT2D eigenvalue weighted by atomic mass is 16.3. The first-order valence-corrected chi connectivity index (χ1v) is 20.9. The number of fused-ring (bicyclic) bond motifs is 11. The van der Waals surface area contributed by atoms with Crippen molar-refractivity contribution in [3.05, 3.63) is 210 Å². The predicted molar refractivity (Wildman–Crippen MR) is 249 cm³/mol. The van der Waals surface area contributed by atoms with Gasteiger partial charge >= 0.3 is 0 Å². The molecule has 2 aromatic heterocycles. The molecule has 0 N–H and O–H groups in total. The number of hydrogen-bond donors (Lipinski definition) is 0. The van der Waals surface area contributed by atoms with Gasteiger partial charge in [-0.1, -0.05) is 146 Å². The fraction of sp³-hybridized carbons (Fsp3) is 0.0714. The van der Waals surface area contributed by atoms with Crippen LogP contribution in [0, 0.1) is 5.92 Å². The summed E-state index contributed by atoms with van der Waals surface area (Å²) in [5.74, 6) is 0.757. The van der Waals surface area contributed by atoms with Gasteiger partial charge in [0.25, 0.3) is 0 Å². The molecule has 2 aliphatic rings. The van der Waals surface area contributed by atoms with E-state index in [1.54, 1.807) is 0 Å². The molecule has 60 heavy (non-hydrogen) atoms. The van der Waals surface area contributed by atoms with Crippen molar-refractivity contribution in [3.63, 3.8) is 0 Å². The minimum atomic E-state index is -0.149. The number of para-hydroxylation sites is 1. The predicted octanol–water partition coefficient (Wildman–Crippen LogP) is 14.2. The van der Waals surface area contributed by atoms with Crippen LogP contribution in [0.1, 0.15) is 40.8 Å². The molecule has 4 nitrogen and oxygen atoms in total. The Kier molecular flexibility index (Phi) is 7.08. The van der Waals surface area contributed by atoms with Gasteiger partial charge in [0.15, 0.2) is 5.84 Å². The highest BCUT2D eigenvalue weighted by molar-refractivity contribution is 6.24. The molecule has 4 heteroatoms. The van der Waals surface area contributed by atoms with E-state index in [9.17, 15) is 0 Å². The van der Waals surface area contributed by atoms with E-state index in [1.807, 2.05) is 6.07 Å². The third-order valence-electron chi connectivity index (χ3n) is 13.1. The first kappa shape index (κ1) is 33.4. The Hall–Kier alpha value is -7.56. The highest BCUT2D eigenvalue weighted by Gasteiger charge is 2.32. The maximum Gasteiger partial charge on any atom is 0.156 e. The third kappa shape index (κ3) is 4.97. The van der Waals surface area contributed by atoms with Crippen LogP contribution in [0.3, 0.4) is 0 Å². The normalized spacial score (nSPS) is 16.2. The molecular formula is C56H37N3O. The Morgan fingerprint density at radius 3 is 1.90 bits per heavy atom. The molecule has 3 heterocycles. The lowest BCUT2D eigenvalue weighted by Gasteiger charge is -2.28. The van der Waals surface area contributed by atoms with Crippen LogP contribution in [0.4, 0.5) is 0 Å². The van der Waals surface area contributed by atoms with Crippen LogP contribution in [-0.4, -0.2) is 16.1 Å². The molecule has 1 aliphatic heterocycles. The fourth-order valence-corrected chi connectivity index (χ4v) is 10.2. The van der Waals surface area contributed by atoms with Crippen LogP contribution in [-0.2, 0) is 6.42 Å². The lowest BCUT2D eigenvalue weighted by Crippen LogP contribution is -2.26. The molecule has 0 bridgehead atoms. The summed E-state index contributed by atoms with van der Waals surface area (Å²) in [6, 6.07) is 65.9. The SMILES string of the molecule is CC1C(c2ccccc2)=NC(c2cc(-n3c4cc5ccccc5cc4c4cc5ccccc5cc43)cc3oc4ccccc4c23)=NC1c1ccc2c(c1)Cc1ccccc1-2. The Balaban J connectivity index is 1.09. The summed E-state index contributed by atoms with van der Waals surface area (Å²) in [6.45, 7) is 2.28. The summed E-state index contributed by atoms with van der Waals surface area (Å²) in [4.78, 5) is 11.3. The van der Waals surface area contributed by atoms with Gasteiger partial charge in [0.2, 0.25) is 0 Å². The van der Waals surface area contributed by atoms with Crippen molar-refractivity contribution in [2.75, 3.05) is 0 Å². The van der Waals surface area contributed by atoms with Crippen molar-refractivity contribution in [3.8, 4) is 16.8 Å². The monoisotopic (exact) mass is 767 g/mol. The number of amidine groups is 1. The second kappa shape index (κ2) is 12.7. The number of benzene rings is 9. The number of nitrogens with zero attached hydrogens (tertiary/aromatic N) is 3. The number of hydrogen-bond acceptors (Lipinski definition) is 3. The van der Waals surface area contributed by atoms with Gasteiger partial charge in [0.05, 0.1) is 28.5 Å². The molecule has 0 amide bonds. The second-order valence-corrected chi connectivity index (χ2v) is 16.5. The van der Waals surface area contributed by atoms with Gasteiger partial charge < -0.3 is 8.98 Å². The van der Waals surface area contributed by atoms with Crippen molar-refractivity contribution in [2.45, 2.75) is 19.4 Å².